The number of rotatable bonds is 2. The van der Waals surface area contributed by atoms with Crippen molar-refractivity contribution in [2.24, 2.45) is 0 Å². The van der Waals surface area contributed by atoms with Crippen molar-refractivity contribution < 1.29 is 9.59 Å². The first-order chi connectivity index (χ1) is 11.6. The van der Waals surface area contributed by atoms with Crippen LogP contribution in [0.15, 0.2) is 41.8 Å². The Morgan fingerprint density at radius 3 is 2.50 bits per heavy atom. The van der Waals surface area contributed by atoms with Gasteiger partial charge in [0.1, 0.15) is 0 Å². The van der Waals surface area contributed by atoms with Crippen molar-refractivity contribution in [3.63, 3.8) is 0 Å². The van der Waals surface area contributed by atoms with Crippen LogP contribution in [0.1, 0.15) is 9.67 Å². The summed E-state index contributed by atoms with van der Waals surface area (Å²) < 4.78 is 0. The molecule has 6 nitrogen and oxygen atoms in total. The minimum Gasteiger partial charge on any atom is -0.368 e. The number of carbonyl (C=O) groups is 2. The van der Waals surface area contributed by atoms with Gasteiger partial charge < -0.3 is 9.80 Å². The van der Waals surface area contributed by atoms with Gasteiger partial charge in [0.15, 0.2) is 0 Å². The molecule has 1 saturated heterocycles. The summed E-state index contributed by atoms with van der Waals surface area (Å²) in [5.41, 5.74) is 5.94. The molecule has 1 aliphatic rings. The summed E-state index contributed by atoms with van der Waals surface area (Å²) >= 11 is 7.34. The number of amides is 3. The summed E-state index contributed by atoms with van der Waals surface area (Å²) in [6, 6.07) is 10.9. The van der Waals surface area contributed by atoms with Gasteiger partial charge in [-0.3, -0.25) is 10.2 Å². The number of halogens is 1. The predicted octanol–water partition coefficient (Wildman–Crippen LogP) is 2.58. The molecule has 2 N–H and O–H groups in total. The highest BCUT2D eigenvalue weighted by atomic mass is 35.5. The highest BCUT2D eigenvalue weighted by molar-refractivity contribution is 7.12. The number of anilines is 1. The molecule has 0 radical (unpaired) electrons. The molecule has 0 saturated carbocycles. The third-order valence-electron chi connectivity index (χ3n) is 3.77. The lowest BCUT2D eigenvalue weighted by atomic mass is 10.2. The summed E-state index contributed by atoms with van der Waals surface area (Å²) in [6.45, 7) is 2.58. The molecule has 0 unspecified atom stereocenters. The van der Waals surface area contributed by atoms with Crippen LogP contribution in [0.25, 0.3) is 0 Å². The molecule has 1 aliphatic heterocycles. The molecule has 3 amide bonds. The second-order valence-corrected chi connectivity index (χ2v) is 6.70. The lowest BCUT2D eigenvalue weighted by Crippen LogP contribution is -2.55. The van der Waals surface area contributed by atoms with E-state index in [4.69, 9.17) is 11.6 Å². The zero-order chi connectivity index (χ0) is 16.9. The standard InChI is InChI=1S/C16H17ClN4O2S/c17-12-3-1-4-13(11-12)20-6-8-21(9-7-20)16(23)19-18-15(22)14-5-2-10-24-14/h1-5,10-11H,6-9H2,(H,18,22)(H,19,23). The van der Waals surface area contributed by atoms with Crippen LogP contribution in [0.5, 0.6) is 0 Å². The van der Waals surface area contributed by atoms with Gasteiger partial charge in [-0.25, -0.2) is 10.2 Å². The van der Waals surface area contributed by atoms with E-state index in [1.807, 2.05) is 29.6 Å². The fraction of sp³-hybridized carbons (Fsp3) is 0.250. The maximum Gasteiger partial charge on any atom is 0.336 e. The van der Waals surface area contributed by atoms with Gasteiger partial charge in [0.25, 0.3) is 5.91 Å². The van der Waals surface area contributed by atoms with E-state index in [9.17, 15) is 9.59 Å². The molecular weight excluding hydrogens is 348 g/mol. The lowest BCUT2D eigenvalue weighted by Gasteiger charge is -2.36. The fourth-order valence-electron chi connectivity index (χ4n) is 2.50. The van der Waals surface area contributed by atoms with Crippen molar-refractivity contribution in [2.75, 3.05) is 31.1 Å². The lowest BCUT2D eigenvalue weighted by molar-refractivity contribution is 0.0933. The molecule has 3 rings (SSSR count). The highest BCUT2D eigenvalue weighted by Crippen LogP contribution is 2.20. The Morgan fingerprint density at radius 2 is 1.83 bits per heavy atom. The summed E-state index contributed by atoms with van der Waals surface area (Å²) in [4.78, 5) is 28.4. The predicted molar refractivity (Wildman–Crippen MR) is 95.6 cm³/mol. The van der Waals surface area contributed by atoms with E-state index >= 15 is 0 Å². The second-order valence-electron chi connectivity index (χ2n) is 5.32. The Kier molecular flexibility index (Phi) is 5.22. The molecular formula is C16H17ClN4O2S. The molecule has 0 atom stereocenters. The molecule has 0 aliphatic carbocycles. The zero-order valence-corrected chi connectivity index (χ0v) is 14.4. The van der Waals surface area contributed by atoms with E-state index in [1.54, 1.807) is 17.0 Å². The van der Waals surface area contributed by atoms with Crippen molar-refractivity contribution in [3.05, 3.63) is 51.7 Å². The fourth-order valence-corrected chi connectivity index (χ4v) is 3.30. The average molecular weight is 365 g/mol. The Labute approximate surface area is 149 Å². The number of hydrazine groups is 1. The molecule has 8 heteroatoms. The molecule has 126 valence electrons. The van der Waals surface area contributed by atoms with E-state index in [2.05, 4.69) is 15.8 Å². The summed E-state index contributed by atoms with van der Waals surface area (Å²) in [7, 11) is 0. The van der Waals surface area contributed by atoms with E-state index in [-0.39, 0.29) is 11.9 Å². The Morgan fingerprint density at radius 1 is 1.04 bits per heavy atom. The topological polar surface area (TPSA) is 64.7 Å². The Balaban J connectivity index is 1.47. The average Bonchev–Trinajstić information content (AvgIpc) is 3.14. The van der Waals surface area contributed by atoms with E-state index in [1.165, 1.54) is 11.3 Å². The van der Waals surface area contributed by atoms with Gasteiger partial charge in [-0.1, -0.05) is 23.7 Å². The molecule has 2 heterocycles. The van der Waals surface area contributed by atoms with E-state index in [0.29, 0.717) is 36.1 Å². The van der Waals surface area contributed by atoms with Gasteiger partial charge in [0.05, 0.1) is 4.88 Å². The van der Waals surface area contributed by atoms with Gasteiger partial charge >= 0.3 is 6.03 Å². The van der Waals surface area contributed by atoms with Gasteiger partial charge in [-0.15, -0.1) is 11.3 Å². The number of nitrogens with one attached hydrogen (secondary N) is 2. The van der Waals surface area contributed by atoms with Crippen molar-refractivity contribution in [1.29, 1.82) is 0 Å². The maximum absolute atomic E-state index is 12.1. The third-order valence-corrected chi connectivity index (χ3v) is 4.87. The number of nitrogens with zero attached hydrogens (tertiary/aromatic N) is 2. The van der Waals surface area contributed by atoms with Crippen LogP contribution >= 0.6 is 22.9 Å². The number of benzene rings is 1. The summed E-state index contributed by atoms with van der Waals surface area (Å²) in [5, 5.41) is 2.51. The van der Waals surface area contributed by atoms with Crippen LogP contribution in [0.3, 0.4) is 0 Å². The van der Waals surface area contributed by atoms with Gasteiger partial charge in [0, 0.05) is 36.9 Å². The molecule has 0 spiro atoms. The number of hydrogen-bond acceptors (Lipinski definition) is 4. The van der Waals surface area contributed by atoms with Crippen molar-refractivity contribution in [3.8, 4) is 0 Å². The zero-order valence-electron chi connectivity index (χ0n) is 12.9. The number of urea groups is 1. The first-order valence-corrected chi connectivity index (χ1v) is 8.78. The number of thiophene rings is 1. The van der Waals surface area contributed by atoms with Crippen LogP contribution in [0.4, 0.5) is 10.5 Å². The number of hydrogen-bond donors (Lipinski definition) is 2. The third kappa shape index (κ3) is 3.98. The Hall–Kier alpha value is -2.25. The summed E-state index contributed by atoms with van der Waals surface area (Å²) in [5.74, 6) is -0.309. The van der Waals surface area contributed by atoms with Crippen LogP contribution in [-0.4, -0.2) is 43.0 Å². The van der Waals surface area contributed by atoms with Crippen LogP contribution in [-0.2, 0) is 0 Å². The summed E-state index contributed by atoms with van der Waals surface area (Å²) in [6.07, 6.45) is 0. The first-order valence-electron chi connectivity index (χ1n) is 7.53. The van der Waals surface area contributed by atoms with Crippen molar-refractivity contribution in [2.45, 2.75) is 0 Å². The van der Waals surface area contributed by atoms with Crippen molar-refractivity contribution >= 4 is 40.6 Å². The largest absolute Gasteiger partial charge is 0.368 e. The van der Waals surface area contributed by atoms with Gasteiger partial charge in [0.2, 0.25) is 0 Å². The van der Waals surface area contributed by atoms with Gasteiger partial charge in [-0.2, -0.15) is 0 Å². The normalized spacial score (nSPS) is 14.4. The van der Waals surface area contributed by atoms with E-state index in [0.717, 1.165) is 5.69 Å². The van der Waals surface area contributed by atoms with E-state index < -0.39 is 0 Å². The maximum atomic E-state index is 12.1. The van der Waals surface area contributed by atoms with Gasteiger partial charge in [-0.05, 0) is 29.6 Å². The SMILES string of the molecule is O=C(NNC(=O)N1CCN(c2cccc(Cl)c2)CC1)c1cccs1. The molecule has 1 aromatic heterocycles. The molecule has 0 bridgehead atoms. The number of carbonyl (C=O) groups excluding carboxylic acids is 2. The van der Waals surface area contributed by atoms with Crippen LogP contribution in [0, 0.1) is 0 Å². The second kappa shape index (κ2) is 7.55. The molecule has 24 heavy (non-hydrogen) atoms. The first kappa shape index (κ1) is 16.6. The van der Waals surface area contributed by atoms with Crippen molar-refractivity contribution in [1.82, 2.24) is 15.8 Å². The van der Waals surface area contributed by atoms with Crippen LogP contribution in [0.2, 0.25) is 5.02 Å². The van der Waals surface area contributed by atoms with Crippen LogP contribution < -0.4 is 15.8 Å². The minimum atomic E-state index is -0.309. The molecule has 2 aromatic rings. The Bertz CT molecular complexity index is 715. The highest BCUT2D eigenvalue weighted by Gasteiger charge is 2.21. The molecule has 1 aromatic carbocycles. The monoisotopic (exact) mass is 364 g/mol. The molecule has 1 fully saturated rings. The minimum absolute atomic E-state index is 0.300. The quantitative estimate of drug-likeness (QED) is 0.805. The number of piperazine rings is 1. The smallest absolute Gasteiger partial charge is 0.336 e.